The molecule has 0 unspecified atom stereocenters. The van der Waals surface area contributed by atoms with Crippen LogP contribution in [0.3, 0.4) is 0 Å². The molecule has 0 bridgehead atoms. The molecular weight excluding hydrogens is 305 g/mol. The van der Waals surface area contributed by atoms with Crippen molar-refractivity contribution < 1.29 is 14.4 Å². The van der Waals surface area contributed by atoms with E-state index in [-0.39, 0.29) is 23.3 Å². The molecule has 0 spiro atoms. The minimum Gasteiger partial charge on any atom is -0.493 e. The first-order chi connectivity index (χ1) is 11.0. The highest BCUT2D eigenvalue weighted by molar-refractivity contribution is 5.95. The number of benzene rings is 2. The molecule has 7 nitrogen and oxygen atoms in total. The number of nitro groups is 1. The summed E-state index contributed by atoms with van der Waals surface area (Å²) in [4.78, 5) is 21.2. The first-order valence-corrected chi connectivity index (χ1v) is 6.58. The van der Waals surface area contributed by atoms with Crippen molar-refractivity contribution in [2.24, 2.45) is 5.18 Å². The van der Waals surface area contributed by atoms with Crippen LogP contribution in [0.15, 0.2) is 47.6 Å². The third kappa shape index (κ3) is 2.50. The maximum Gasteiger partial charge on any atom is 0.269 e. The van der Waals surface area contributed by atoms with Crippen molar-refractivity contribution in [2.45, 2.75) is 6.54 Å². The van der Waals surface area contributed by atoms with Gasteiger partial charge in [0.25, 0.3) is 5.69 Å². The Morgan fingerprint density at radius 2 is 2.04 bits per heavy atom. The molecule has 1 aromatic heterocycles. The fourth-order valence-corrected chi connectivity index (χ4v) is 2.50. The van der Waals surface area contributed by atoms with E-state index in [1.54, 1.807) is 6.07 Å². The predicted molar refractivity (Wildman–Crippen MR) is 81.2 cm³/mol. The zero-order valence-electron chi connectivity index (χ0n) is 11.6. The lowest BCUT2D eigenvalue weighted by molar-refractivity contribution is -0.384. The van der Waals surface area contributed by atoms with Crippen LogP contribution in [0.2, 0.25) is 0 Å². The highest BCUT2D eigenvalue weighted by atomic mass is 19.1. The molecule has 0 saturated heterocycles. The van der Waals surface area contributed by atoms with Crippen molar-refractivity contribution in [3.05, 3.63) is 68.9 Å². The minimum atomic E-state index is -0.560. The molecule has 0 aliphatic rings. The topological polar surface area (TPSA) is 97.7 Å². The number of rotatable bonds is 4. The number of nitroso groups, excluding NO2 is 1. The van der Waals surface area contributed by atoms with Crippen molar-refractivity contribution in [3.8, 4) is 5.88 Å². The standard InChI is InChI=1S/C15H10FN3O4/c16-10-4-5-13-12(7-10)14(17-21)15(20)18(13)8-9-2-1-3-11(6-9)19(22)23/h1-7,20H,8H2. The van der Waals surface area contributed by atoms with Gasteiger partial charge in [0, 0.05) is 17.5 Å². The van der Waals surface area contributed by atoms with Crippen molar-refractivity contribution in [1.29, 1.82) is 0 Å². The summed E-state index contributed by atoms with van der Waals surface area (Å²) < 4.78 is 14.7. The van der Waals surface area contributed by atoms with Crippen LogP contribution in [0.25, 0.3) is 10.9 Å². The van der Waals surface area contributed by atoms with E-state index >= 15 is 0 Å². The Balaban J connectivity index is 2.13. The van der Waals surface area contributed by atoms with Crippen LogP contribution in [0.5, 0.6) is 5.88 Å². The second-order valence-corrected chi connectivity index (χ2v) is 4.94. The quantitative estimate of drug-likeness (QED) is 0.449. The van der Waals surface area contributed by atoms with Crippen LogP contribution in [0, 0.1) is 20.8 Å². The number of fused-ring (bicyclic) bond motifs is 1. The molecule has 0 aliphatic heterocycles. The van der Waals surface area contributed by atoms with Gasteiger partial charge < -0.3 is 9.67 Å². The molecule has 1 N–H and O–H groups in total. The van der Waals surface area contributed by atoms with E-state index in [1.165, 1.54) is 34.9 Å². The molecule has 3 aromatic rings. The number of hydrogen-bond acceptors (Lipinski definition) is 5. The second-order valence-electron chi connectivity index (χ2n) is 4.94. The van der Waals surface area contributed by atoms with Gasteiger partial charge in [-0.25, -0.2) is 4.39 Å². The van der Waals surface area contributed by atoms with Gasteiger partial charge in [-0.3, -0.25) is 10.1 Å². The monoisotopic (exact) mass is 315 g/mol. The van der Waals surface area contributed by atoms with Crippen molar-refractivity contribution in [2.75, 3.05) is 0 Å². The van der Waals surface area contributed by atoms with Crippen molar-refractivity contribution >= 4 is 22.3 Å². The minimum absolute atomic E-state index is 0.0746. The van der Waals surface area contributed by atoms with E-state index in [0.717, 1.165) is 6.07 Å². The summed E-state index contributed by atoms with van der Waals surface area (Å²) in [5.74, 6) is -0.970. The van der Waals surface area contributed by atoms with E-state index in [4.69, 9.17) is 0 Å². The lowest BCUT2D eigenvalue weighted by atomic mass is 10.2. The zero-order chi connectivity index (χ0) is 16.6. The largest absolute Gasteiger partial charge is 0.493 e. The molecule has 3 rings (SSSR count). The summed E-state index contributed by atoms with van der Waals surface area (Å²) >= 11 is 0. The molecule has 0 radical (unpaired) electrons. The molecule has 0 aliphatic carbocycles. The summed E-state index contributed by atoms with van der Waals surface area (Å²) in [5.41, 5.74) is 0.612. The maximum absolute atomic E-state index is 13.4. The van der Waals surface area contributed by atoms with Gasteiger partial charge >= 0.3 is 0 Å². The summed E-state index contributed by atoms with van der Waals surface area (Å²) in [6, 6.07) is 9.60. The van der Waals surface area contributed by atoms with Gasteiger partial charge in [-0.1, -0.05) is 12.1 Å². The number of aromatic nitrogens is 1. The van der Waals surface area contributed by atoms with Gasteiger partial charge in [-0.2, -0.15) is 0 Å². The number of hydrogen-bond donors (Lipinski definition) is 1. The Kier molecular flexibility index (Phi) is 3.49. The van der Waals surface area contributed by atoms with Crippen molar-refractivity contribution in [1.82, 2.24) is 4.57 Å². The summed E-state index contributed by atoms with van der Waals surface area (Å²) in [7, 11) is 0. The summed E-state index contributed by atoms with van der Waals surface area (Å²) in [6.45, 7) is 0.0746. The van der Waals surface area contributed by atoms with E-state index in [1.807, 2.05) is 0 Å². The number of nitrogens with zero attached hydrogens (tertiary/aromatic N) is 3. The Bertz CT molecular complexity index is 936. The van der Waals surface area contributed by atoms with Gasteiger partial charge in [0.05, 0.1) is 17.0 Å². The first-order valence-electron chi connectivity index (χ1n) is 6.58. The molecular formula is C15H10FN3O4. The van der Waals surface area contributed by atoms with E-state index in [0.29, 0.717) is 11.1 Å². The van der Waals surface area contributed by atoms with E-state index in [9.17, 15) is 24.5 Å². The average Bonchev–Trinajstić information content (AvgIpc) is 2.78. The van der Waals surface area contributed by atoms with E-state index in [2.05, 4.69) is 5.18 Å². The van der Waals surface area contributed by atoms with Crippen LogP contribution in [-0.4, -0.2) is 14.6 Å². The molecule has 0 saturated carbocycles. The molecule has 2 aromatic carbocycles. The van der Waals surface area contributed by atoms with Crippen LogP contribution in [0.4, 0.5) is 15.8 Å². The summed E-state index contributed by atoms with van der Waals surface area (Å²) in [5, 5.41) is 23.9. The lowest BCUT2D eigenvalue weighted by Gasteiger charge is -2.07. The van der Waals surface area contributed by atoms with Gasteiger partial charge in [-0.15, -0.1) is 4.91 Å². The van der Waals surface area contributed by atoms with E-state index < -0.39 is 16.6 Å². The number of halogens is 1. The molecule has 0 amide bonds. The lowest BCUT2D eigenvalue weighted by Crippen LogP contribution is -1.99. The summed E-state index contributed by atoms with van der Waals surface area (Å²) in [6.07, 6.45) is 0. The Hall–Kier alpha value is -3.29. The fraction of sp³-hybridized carbons (Fsp3) is 0.0667. The molecule has 23 heavy (non-hydrogen) atoms. The number of non-ortho nitro benzene ring substituents is 1. The Morgan fingerprint density at radius 1 is 1.26 bits per heavy atom. The molecule has 0 atom stereocenters. The van der Waals surface area contributed by atoms with Crippen LogP contribution < -0.4 is 0 Å². The molecule has 1 heterocycles. The van der Waals surface area contributed by atoms with Crippen molar-refractivity contribution in [3.63, 3.8) is 0 Å². The van der Waals surface area contributed by atoms with Crippen LogP contribution in [0.1, 0.15) is 5.56 Å². The SMILES string of the molecule is O=Nc1c(O)n(Cc2cccc([N+](=O)[O-])c2)c2ccc(F)cc12. The number of aromatic hydroxyl groups is 1. The molecule has 0 fully saturated rings. The van der Waals surface area contributed by atoms with Crippen LogP contribution in [-0.2, 0) is 6.54 Å². The smallest absolute Gasteiger partial charge is 0.269 e. The average molecular weight is 315 g/mol. The maximum atomic E-state index is 13.4. The van der Waals surface area contributed by atoms with Gasteiger partial charge in [-0.05, 0) is 28.9 Å². The third-order valence-corrected chi connectivity index (χ3v) is 3.53. The normalized spacial score (nSPS) is 10.8. The Labute approximate surface area is 128 Å². The first kappa shape index (κ1) is 14.6. The van der Waals surface area contributed by atoms with Gasteiger partial charge in [0.1, 0.15) is 5.82 Å². The van der Waals surface area contributed by atoms with Crippen LogP contribution >= 0.6 is 0 Å². The fourth-order valence-electron chi connectivity index (χ4n) is 2.50. The highest BCUT2D eigenvalue weighted by Gasteiger charge is 2.18. The van der Waals surface area contributed by atoms with Gasteiger partial charge in [0.2, 0.25) is 5.88 Å². The molecule has 8 heteroatoms. The molecule has 116 valence electrons. The number of nitro benzene ring substituents is 1. The second kappa shape index (κ2) is 5.48. The Morgan fingerprint density at radius 3 is 2.74 bits per heavy atom. The van der Waals surface area contributed by atoms with Gasteiger partial charge in [0.15, 0.2) is 5.69 Å². The highest BCUT2D eigenvalue weighted by Crippen LogP contribution is 2.39. The zero-order valence-corrected chi connectivity index (χ0v) is 11.6. The predicted octanol–water partition coefficient (Wildman–Crippen LogP) is 3.84. The third-order valence-electron chi connectivity index (χ3n) is 3.53.